The molecule has 0 rings (SSSR count). The zero-order chi connectivity index (χ0) is 10.4. The van der Waals surface area contributed by atoms with Crippen molar-refractivity contribution in [1.82, 2.24) is 0 Å². The van der Waals surface area contributed by atoms with E-state index in [2.05, 4.69) is 0 Å². The van der Waals surface area contributed by atoms with Crippen molar-refractivity contribution in [3.63, 3.8) is 0 Å². The van der Waals surface area contributed by atoms with Gasteiger partial charge in [-0.15, -0.1) is 0 Å². The molecule has 0 aliphatic heterocycles. The summed E-state index contributed by atoms with van der Waals surface area (Å²) in [6, 6.07) is 0. The SMILES string of the molecule is CC(=O)CC(=O)O.[O]=[Cr](=[O])([OH])[OH]. The van der Waals surface area contributed by atoms with Gasteiger partial charge in [-0.05, 0) is 6.92 Å². The Morgan fingerprint density at radius 1 is 1.25 bits per heavy atom. The zero-order valence-electron chi connectivity index (χ0n) is 6.09. The van der Waals surface area contributed by atoms with Crippen LogP contribution in [-0.4, -0.2) is 25.2 Å². The van der Waals surface area contributed by atoms with Crippen molar-refractivity contribution >= 4 is 11.8 Å². The number of aliphatic carboxylic acids is 1. The number of Topliss-reactive ketones (excluding diaryl/α,β-unsaturated/α-hetero) is 1. The second-order valence-corrected chi connectivity index (χ2v) is 3.12. The molecule has 0 fully saturated rings. The van der Waals surface area contributed by atoms with Gasteiger partial charge < -0.3 is 5.11 Å². The molecule has 8 heteroatoms. The minimum atomic E-state index is -5.25. The molecule has 72 valence electrons. The molecule has 0 saturated heterocycles. The van der Waals surface area contributed by atoms with Gasteiger partial charge in [-0.2, -0.15) is 0 Å². The fraction of sp³-hybridized carbons (Fsp3) is 0.500. The first-order valence-electron chi connectivity index (χ1n) is 2.54. The molecule has 0 heterocycles. The summed E-state index contributed by atoms with van der Waals surface area (Å²) >= 11 is -5.25. The molecule has 0 saturated carbocycles. The number of carboxylic acids is 1. The van der Waals surface area contributed by atoms with Crippen LogP contribution in [0.25, 0.3) is 0 Å². The number of carboxylic acid groups (broad SMARTS) is 1. The van der Waals surface area contributed by atoms with Gasteiger partial charge in [0, 0.05) is 0 Å². The molecule has 0 aliphatic carbocycles. The fourth-order valence-electron chi connectivity index (χ4n) is 0.213. The van der Waals surface area contributed by atoms with Crippen LogP contribution >= 0.6 is 0 Å². The first kappa shape index (κ1) is 13.8. The third kappa shape index (κ3) is 60.5. The molecular formula is C4H8CrO7. The molecule has 0 aromatic heterocycles. The van der Waals surface area contributed by atoms with Crippen LogP contribution in [0, 0.1) is 0 Å². The number of carbonyl (C=O) groups is 2. The summed E-state index contributed by atoms with van der Waals surface area (Å²) in [4.78, 5) is 19.5. The zero-order valence-corrected chi connectivity index (χ0v) is 7.36. The van der Waals surface area contributed by atoms with Crippen molar-refractivity contribution in [1.29, 1.82) is 0 Å². The molecule has 12 heavy (non-hydrogen) atoms. The van der Waals surface area contributed by atoms with Crippen LogP contribution < -0.4 is 0 Å². The Kier molecular flexibility index (Phi) is 6.64. The van der Waals surface area contributed by atoms with Gasteiger partial charge in [0.05, 0.1) is 0 Å². The second kappa shape index (κ2) is 5.79. The molecule has 0 spiro atoms. The van der Waals surface area contributed by atoms with Crippen LogP contribution in [0.5, 0.6) is 0 Å². The Bertz CT molecular complexity index is 231. The Morgan fingerprint density at radius 3 is 1.50 bits per heavy atom. The van der Waals surface area contributed by atoms with Crippen molar-refractivity contribution in [2.75, 3.05) is 0 Å². The number of carbonyl (C=O) groups excluding carboxylic acids is 1. The molecule has 0 radical (unpaired) electrons. The summed E-state index contributed by atoms with van der Waals surface area (Å²) in [6.07, 6.45) is -0.361. The van der Waals surface area contributed by atoms with Gasteiger partial charge in [-0.25, -0.2) is 0 Å². The maximum absolute atomic E-state index is 9.87. The third-order valence-electron chi connectivity index (χ3n) is 0.400. The van der Waals surface area contributed by atoms with Crippen LogP contribution in [0.2, 0.25) is 0 Å². The standard InChI is InChI=1S/C4H6O3.Cr.2H2O.2O/c1-3(5)2-4(6)7;;;;;/h2H2,1H3,(H,6,7);;2*1H2;;/q;+2;;;;/p-2. The van der Waals surface area contributed by atoms with Gasteiger partial charge in [-0.1, -0.05) is 0 Å². The van der Waals surface area contributed by atoms with E-state index in [1.165, 1.54) is 6.92 Å². The third-order valence-corrected chi connectivity index (χ3v) is 0.400. The number of hydrogen-bond donors (Lipinski definition) is 3. The molecule has 7 nitrogen and oxygen atoms in total. The Labute approximate surface area is 70.0 Å². The Morgan fingerprint density at radius 2 is 1.50 bits per heavy atom. The van der Waals surface area contributed by atoms with Crippen molar-refractivity contribution in [3.05, 3.63) is 0 Å². The van der Waals surface area contributed by atoms with Gasteiger partial charge >= 0.3 is 35.5 Å². The van der Waals surface area contributed by atoms with Crippen LogP contribution in [0.4, 0.5) is 0 Å². The number of rotatable bonds is 2. The predicted molar refractivity (Wildman–Crippen MR) is 28.7 cm³/mol. The summed E-state index contributed by atoms with van der Waals surface area (Å²) in [5, 5.41) is 7.86. The van der Waals surface area contributed by atoms with E-state index in [9.17, 15) is 9.59 Å². The molecule has 0 amide bonds. The monoisotopic (exact) mass is 220 g/mol. The van der Waals surface area contributed by atoms with E-state index >= 15 is 0 Å². The summed E-state index contributed by atoms with van der Waals surface area (Å²) in [5.74, 6) is -1.37. The van der Waals surface area contributed by atoms with Crippen molar-refractivity contribution in [2.24, 2.45) is 0 Å². The van der Waals surface area contributed by atoms with Crippen LogP contribution in [-0.2, 0) is 30.8 Å². The molecule has 0 atom stereocenters. The molecule has 0 aromatic carbocycles. The quantitative estimate of drug-likeness (QED) is 0.493. The van der Waals surface area contributed by atoms with Crippen molar-refractivity contribution in [2.45, 2.75) is 13.3 Å². The van der Waals surface area contributed by atoms with Crippen molar-refractivity contribution < 1.29 is 44.2 Å². The maximum atomic E-state index is 9.87. The first-order chi connectivity index (χ1) is 5.13. The average molecular weight is 220 g/mol. The Hall–Kier alpha value is -0.808. The summed E-state index contributed by atoms with van der Waals surface area (Å²) in [5.41, 5.74) is 0. The van der Waals surface area contributed by atoms with Gasteiger partial charge in [0.2, 0.25) is 0 Å². The van der Waals surface area contributed by atoms with E-state index in [4.69, 9.17) is 21.0 Å². The topological polar surface area (TPSA) is 129 Å². The van der Waals surface area contributed by atoms with Crippen LogP contribution in [0.1, 0.15) is 13.3 Å². The van der Waals surface area contributed by atoms with E-state index in [1.54, 1.807) is 0 Å². The molecule has 0 bridgehead atoms. The molecule has 0 aliphatic rings. The fourth-order valence-corrected chi connectivity index (χ4v) is 0.213. The minimum absolute atomic E-state index is 0.312. The van der Waals surface area contributed by atoms with Gasteiger partial charge in [0.1, 0.15) is 12.2 Å². The number of hydrogen-bond acceptors (Lipinski definition) is 4. The van der Waals surface area contributed by atoms with Gasteiger partial charge in [0.25, 0.3) is 0 Å². The normalized spacial score (nSPS) is 9.58. The summed E-state index contributed by atoms with van der Waals surface area (Å²) in [7, 11) is 0. The average Bonchev–Trinajstić information content (AvgIpc) is 1.52. The molecular weight excluding hydrogens is 212 g/mol. The second-order valence-electron chi connectivity index (χ2n) is 1.72. The van der Waals surface area contributed by atoms with Crippen molar-refractivity contribution in [3.8, 4) is 0 Å². The molecule has 0 aromatic rings. The van der Waals surface area contributed by atoms with E-state index in [-0.39, 0.29) is 12.2 Å². The number of ketones is 1. The van der Waals surface area contributed by atoms with E-state index in [1.807, 2.05) is 0 Å². The predicted octanol–water partition coefficient (Wildman–Crippen LogP) is -1.30. The summed E-state index contributed by atoms with van der Waals surface area (Å²) < 4.78 is 31.9. The first-order valence-corrected chi connectivity index (χ1v) is 4.72. The van der Waals surface area contributed by atoms with Crippen LogP contribution in [0.3, 0.4) is 0 Å². The van der Waals surface area contributed by atoms with E-state index in [0.29, 0.717) is 0 Å². The van der Waals surface area contributed by atoms with Gasteiger partial charge in [0.15, 0.2) is 0 Å². The molecule has 0 unspecified atom stereocenters. The van der Waals surface area contributed by atoms with Gasteiger partial charge in [-0.3, -0.25) is 9.59 Å². The molecule has 3 N–H and O–H groups in total. The Balaban J connectivity index is 0. The van der Waals surface area contributed by atoms with Crippen LogP contribution in [0.15, 0.2) is 0 Å². The van der Waals surface area contributed by atoms with E-state index in [0.717, 1.165) is 0 Å². The van der Waals surface area contributed by atoms with E-state index < -0.39 is 19.6 Å². The summed E-state index contributed by atoms with van der Waals surface area (Å²) in [6.45, 7) is 1.24.